The largest absolute Gasteiger partial charge is 0.328 e. The average Bonchev–Trinajstić information content (AvgIpc) is 3.14. The minimum absolute atomic E-state index is 0.217. The second-order valence-electron chi connectivity index (χ2n) is 7.06. The van der Waals surface area contributed by atoms with Crippen molar-refractivity contribution in [1.82, 2.24) is 19.6 Å². The van der Waals surface area contributed by atoms with Crippen LogP contribution in [0.5, 0.6) is 0 Å². The van der Waals surface area contributed by atoms with Crippen LogP contribution >= 0.6 is 0 Å². The van der Waals surface area contributed by atoms with Crippen LogP contribution in [-0.4, -0.2) is 69.1 Å². The predicted molar refractivity (Wildman–Crippen MR) is 98.1 cm³/mol. The van der Waals surface area contributed by atoms with E-state index in [1.165, 1.54) is 11.8 Å². The maximum absolute atomic E-state index is 13.0. The highest BCUT2D eigenvalue weighted by Gasteiger charge is 2.54. The zero-order chi connectivity index (χ0) is 19.3. The van der Waals surface area contributed by atoms with E-state index >= 15 is 0 Å². The molecule has 0 bridgehead atoms. The van der Waals surface area contributed by atoms with E-state index in [1.807, 2.05) is 53.3 Å². The number of nitrogens with zero attached hydrogens (tertiary/aromatic N) is 5. The number of guanidine groups is 1. The third-order valence-corrected chi connectivity index (χ3v) is 5.07. The number of benzene rings is 1. The molecule has 2 atom stereocenters. The number of carbonyl (C=O) groups excluding carboxylic acids is 3. The van der Waals surface area contributed by atoms with E-state index in [0.717, 1.165) is 16.2 Å². The van der Waals surface area contributed by atoms with Crippen molar-refractivity contribution in [3.63, 3.8) is 0 Å². The zero-order valence-corrected chi connectivity index (χ0v) is 15.5. The van der Waals surface area contributed by atoms with Gasteiger partial charge in [0.05, 0.1) is 13.1 Å². The van der Waals surface area contributed by atoms with Crippen molar-refractivity contribution in [3.8, 4) is 0 Å². The highest BCUT2D eigenvalue weighted by Crippen LogP contribution is 2.34. The molecule has 27 heavy (non-hydrogen) atoms. The summed E-state index contributed by atoms with van der Waals surface area (Å²) in [6, 6.07) is 8.87. The van der Waals surface area contributed by atoms with Gasteiger partial charge in [0.1, 0.15) is 5.78 Å². The molecule has 0 radical (unpaired) electrons. The summed E-state index contributed by atoms with van der Waals surface area (Å²) in [7, 11) is 1.61. The molecular formula is C19H21N5O3. The van der Waals surface area contributed by atoms with Gasteiger partial charge in [-0.05, 0) is 19.4 Å². The van der Waals surface area contributed by atoms with E-state index in [9.17, 15) is 14.4 Å². The quantitative estimate of drug-likeness (QED) is 0.800. The van der Waals surface area contributed by atoms with Crippen molar-refractivity contribution in [2.45, 2.75) is 32.6 Å². The number of fused-ring (bicyclic) bond motifs is 3. The Morgan fingerprint density at radius 2 is 1.85 bits per heavy atom. The number of amides is 3. The van der Waals surface area contributed by atoms with Gasteiger partial charge in [-0.25, -0.2) is 9.79 Å². The third kappa shape index (κ3) is 2.68. The summed E-state index contributed by atoms with van der Waals surface area (Å²) in [6.45, 7) is 3.74. The molecular weight excluding hydrogens is 346 g/mol. The summed E-state index contributed by atoms with van der Waals surface area (Å²) in [4.78, 5) is 48.0. The normalized spacial score (nSPS) is 24.1. The number of hydrogen-bond acceptors (Lipinski definition) is 6. The van der Waals surface area contributed by atoms with Gasteiger partial charge >= 0.3 is 6.03 Å². The molecule has 0 aliphatic carbocycles. The second kappa shape index (κ2) is 6.22. The predicted octanol–water partition coefficient (Wildman–Crippen LogP) is 1.21. The molecule has 1 aromatic rings. The van der Waals surface area contributed by atoms with Crippen LogP contribution in [0, 0.1) is 0 Å². The van der Waals surface area contributed by atoms with Crippen LogP contribution in [0.15, 0.2) is 47.2 Å². The maximum Gasteiger partial charge on any atom is 0.328 e. The van der Waals surface area contributed by atoms with Crippen LogP contribution in [0.1, 0.15) is 19.4 Å². The molecule has 140 valence electrons. The summed E-state index contributed by atoms with van der Waals surface area (Å²) in [5.41, 5.74) is 2.10. The summed E-state index contributed by atoms with van der Waals surface area (Å²) >= 11 is 0. The van der Waals surface area contributed by atoms with Gasteiger partial charge < -0.3 is 14.7 Å². The maximum atomic E-state index is 13.0. The molecule has 1 fully saturated rings. The number of carbonyl (C=O) groups is 3. The SMILES string of the molecule is CC(=O)CN1C(=O)C2C(N=C3N(Cc4ccccc4)C(C)=CN32)N(C)C1=O. The van der Waals surface area contributed by atoms with Gasteiger partial charge in [-0.1, -0.05) is 30.3 Å². The lowest BCUT2D eigenvalue weighted by atomic mass is 10.1. The number of hydrogen-bond donors (Lipinski definition) is 0. The number of imide groups is 1. The Kier molecular flexibility index (Phi) is 3.98. The number of aliphatic imine (C=N–C) groups is 1. The standard InChI is InChI=1S/C19H21N5O3/c1-12-9-23-15-16(21(3)19(27)24(17(15)26)10-13(2)25)20-18(23)22(12)11-14-7-5-4-6-8-14/h4-9,15-16H,10-11H2,1-3H3. The first-order valence-electron chi connectivity index (χ1n) is 8.82. The molecule has 1 saturated heterocycles. The van der Waals surface area contributed by atoms with Gasteiger partial charge in [-0.15, -0.1) is 0 Å². The highest BCUT2D eigenvalue weighted by atomic mass is 16.2. The lowest BCUT2D eigenvalue weighted by molar-refractivity contribution is -0.139. The molecule has 0 saturated carbocycles. The molecule has 8 nitrogen and oxygen atoms in total. The van der Waals surface area contributed by atoms with E-state index in [-0.39, 0.29) is 18.2 Å². The van der Waals surface area contributed by atoms with Gasteiger partial charge in [0, 0.05) is 18.9 Å². The van der Waals surface area contributed by atoms with Crippen molar-refractivity contribution < 1.29 is 14.4 Å². The fourth-order valence-electron chi connectivity index (χ4n) is 3.73. The van der Waals surface area contributed by atoms with E-state index in [0.29, 0.717) is 12.5 Å². The lowest BCUT2D eigenvalue weighted by Crippen LogP contribution is -2.64. The molecule has 1 aromatic carbocycles. The van der Waals surface area contributed by atoms with Gasteiger partial charge in [0.15, 0.2) is 12.2 Å². The Morgan fingerprint density at radius 3 is 2.52 bits per heavy atom. The summed E-state index contributed by atoms with van der Waals surface area (Å²) < 4.78 is 0. The van der Waals surface area contributed by atoms with Crippen molar-refractivity contribution in [3.05, 3.63) is 47.8 Å². The molecule has 0 aromatic heterocycles. The summed E-state index contributed by atoms with van der Waals surface area (Å²) in [5, 5.41) is 0. The first-order chi connectivity index (χ1) is 12.9. The van der Waals surface area contributed by atoms with E-state index in [2.05, 4.69) is 4.99 Å². The zero-order valence-electron chi connectivity index (χ0n) is 15.5. The minimum atomic E-state index is -0.641. The van der Waals surface area contributed by atoms with Crippen LogP contribution in [0.3, 0.4) is 0 Å². The highest BCUT2D eigenvalue weighted by molar-refractivity contribution is 6.06. The second-order valence-corrected chi connectivity index (χ2v) is 7.06. The number of likely N-dealkylation sites (N-methyl/N-ethyl adjacent to an activating group) is 1. The number of ketones is 1. The molecule has 4 rings (SSSR count). The van der Waals surface area contributed by atoms with Gasteiger partial charge in [-0.3, -0.25) is 14.5 Å². The summed E-state index contributed by atoms with van der Waals surface area (Å²) in [6.07, 6.45) is 1.30. The molecule has 3 aliphatic rings. The van der Waals surface area contributed by atoms with Crippen LogP contribution in [0.2, 0.25) is 0 Å². The fraction of sp³-hybridized carbons (Fsp3) is 0.368. The molecule has 0 N–H and O–H groups in total. The lowest BCUT2D eigenvalue weighted by Gasteiger charge is -2.39. The van der Waals surface area contributed by atoms with Crippen molar-refractivity contribution in [1.29, 1.82) is 0 Å². The Labute approximate surface area is 157 Å². The van der Waals surface area contributed by atoms with Gasteiger partial charge in [-0.2, -0.15) is 0 Å². The molecule has 3 amide bonds. The minimum Gasteiger partial charge on any atom is -0.310 e. The van der Waals surface area contributed by atoms with Crippen molar-refractivity contribution >= 4 is 23.7 Å². The first-order valence-corrected chi connectivity index (χ1v) is 8.82. The Morgan fingerprint density at radius 1 is 1.15 bits per heavy atom. The molecule has 8 heteroatoms. The smallest absolute Gasteiger partial charge is 0.310 e. The van der Waals surface area contributed by atoms with Crippen molar-refractivity contribution in [2.75, 3.05) is 13.6 Å². The topological polar surface area (TPSA) is 76.5 Å². The number of urea groups is 1. The van der Waals surface area contributed by atoms with Crippen LogP contribution in [-0.2, 0) is 16.1 Å². The number of Topliss-reactive ketones (excluding diaryl/α,β-unsaturated/α-hetero) is 1. The van der Waals surface area contributed by atoms with Gasteiger partial charge in [0.25, 0.3) is 5.91 Å². The van der Waals surface area contributed by atoms with E-state index < -0.39 is 18.2 Å². The molecule has 3 aliphatic heterocycles. The third-order valence-electron chi connectivity index (χ3n) is 5.07. The monoisotopic (exact) mass is 367 g/mol. The van der Waals surface area contributed by atoms with Crippen LogP contribution in [0.4, 0.5) is 4.79 Å². The average molecular weight is 367 g/mol. The molecule has 0 spiro atoms. The van der Waals surface area contributed by atoms with Gasteiger partial charge in [0.2, 0.25) is 5.96 Å². The van der Waals surface area contributed by atoms with E-state index in [1.54, 1.807) is 7.05 Å². The van der Waals surface area contributed by atoms with Crippen LogP contribution in [0.25, 0.3) is 0 Å². The first kappa shape index (κ1) is 17.3. The Bertz CT molecular complexity index is 879. The van der Waals surface area contributed by atoms with Crippen molar-refractivity contribution in [2.24, 2.45) is 4.99 Å². The number of allylic oxidation sites excluding steroid dienone is 1. The van der Waals surface area contributed by atoms with Crippen LogP contribution < -0.4 is 0 Å². The summed E-state index contributed by atoms with van der Waals surface area (Å²) in [5.74, 6) is 0.0354. The fourth-order valence-corrected chi connectivity index (χ4v) is 3.73. The van der Waals surface area contributed by atoms with E-state index in [4.69, 9.17) is 0 Å². The Hall–Kier alpha value is -3.16. The molecule has 3 heterocycles. The Balaban J connectivity index is 1.64. The molecule has 2 unspecified atom stereocenters. The number of rotatable bonds is 4.